The number of nitro groups is 1. The van der Waals surface area contributed by atoms with Gasteiger partial charge in [-0.05, 0) is 35.4 Å². The van der Waals surface area contributed by atoms with Crippen molar-refractivity contribution < 1.29 is 24.6 Å². The van der Waals surface area contributed by atoms with Crippen LogP contribution in [0.5, 0.6) is 11.5 Å². The van der Waals surface area contributed by atoms with Crippen LogP contribution in [0, 0.1) is 10.1 Å². The third-order valence-electron chi connectivity index (χ3n) is 4.03. The molecule has 1 heterocycles. The van der Waals surface area contributed by atoms with Crippen molar-refractivity contribution in [3.8, 4) is 11.5 Å². The maximum Gasteiger partial charge on any atom is 0.269 e. The lowest BCUT2D eigenvalue weighted by molar-refractivity contribution is -0.384. The molecule has 2 aromatic rings. The van der Waals surface area contributed by atoms with Crippen molar-refractivity contribution >= 4 is 5.69 Å². The van der Waals surface area contributed by atoms with E-state index in [9.17, 15) is 20.3 Å². The van der Waals surface area contributed by atoms with E-state index in [-0.39, 0.29) is 19.1 Å². The quantitative estimate of drug-likeness (QED) is 0.514. The number of hydrogen-bond donors (Lipinski definition) is 3. The molecule has 25 heavy (non-hydrogen) atoms. The normalized spacial score (nSPS) is 15.0. The molecule has 8 nitrogen and oxygen atoms in total. The number of ether oxygens (including phenoxy) is 2. The first-order valence-electron chi connectivity index (χ1n) is 7.73. The van der Waals surface area contributed by atoms with Crippen LogP contribution < -0.4 is 14.8 Å². The van der Waals surface area contributed by atoms with Crippen molar-refractivity contribution in [3.05, 3.63) is 63.7 Å². The molecule has 0 saturated carbocycles. The van der Waals surface area contributed by atoms with Crippen LogP contribution in [0.2, 0.25) is 0 Å². The highest BCUT2D eigenvalue weighted by atomic mass is 16.7. The summed E-state index contributed by atoms with van der Waals surface area (Å²) in [7, 11) is 0. The van der Waals surface area contributed by atoms with Gasteiger partial charge in [0.05, 0.1) is 23.7 Å². The van der Waals surface area contributed by atoms with Gasteiger partial charge in [-0.25, -0.2) is 0 Å². The highest BCUT2D eigenvalue weighted by Crippen LogP contribution is 2.32. The van der Waals surface area contributed by atoms with Gasteiger partial charge in [-0.2, -0.15) is 0 Å². The summed E-state index contributed by atoms with van der Waals surface area (Å²) >= 11 is 0. The van der Waals surface area contributed by atoms with Gasteiger partial charge in [-0.15, -0.1) is 0 Å². The number of aliphatic hydroxyl groups is 2. The van der Waals surface area contributed by atoms with Gasteiger partial charge in [0.25, 0.3) is 5.69 Å². The molecule has 0 bridgehead atoms. The Hall–Kier alpha value is -2.68. The Balaban J connectivity index is 1.64. The summed E-state index contributed by atoms with van der Waals surface area (Å²) in [5.41, 5.74) is 1.35. The Kier molecular flexibility index (Phi) is 5.13. The molecule has 0 amide bonds. The molecule has 1 aliphatic rings. The van der Waals surface area contributed by atoms with Crippen LogP contribution in [-0.4, -0.2) is 34.6 Å². The molecule has 8 heteroatoms. The van der Waals surface area contributed by atoms with E-state index >= 15 is 0 Å². The summed E-state index contributed by atoms with van der Waals surface area (Å²) in [5.74, 6) is 1.35. The second-order valence-electron chi connectivity index (χ2n) is 5.65. The molecule has 2 atom stereocenters. The number of nitrogens with zero attached hydrogens (tertiary/aromatic N) is 1. The zero-order valence-corrected chi connectivity index (χ0v) is 13.3. The van der Waals surface area contributed by atoms with Crippen molar-refractivity contribution in [2.45, 2.75) is 18.7 Å². The number of rotatable bonds is 7. The lowest BCUT2D eigenvalue weighted by Gasteiger charge is -2.22. The first-order valence-corrected chi connectivity index (χ1v) is 7.73. The number of aliphatic hydroxyl groups excluding tert-OH is 2. The minimum Gasteiger partial charge on any atom is -0.454 e. The van der Waals surface area contributed by atoms with Gasteiger partial charge in [0.15, 0.2) is 11.5 Å². The highest BCUT2D eigenvalue weighted by Gasteiger charge is 2.21. The fourth-order valence-corrected chi connectivity index (χ4v) is 2.60. The predicted octanol–water partition coefficient (Wildman–Crippen LogP) is 1.51. The zero-order valence-electron chi connectivity index (χ0n) is 13.3. The molecule has 2 aromatic carbocycles. The van der Waals surface area contributed by atoms with Crippen LogP contribution in [0.3, 0.4) is 0 Å². The molecule has 0 radical (unpaired) electrons. The topological polar surface area (TPSA) is 114 Å². The fourth-order valence-electron chi connectivity index (χ4n) is 2.60. The number of nitro benzene ring substituents is 1. The number of hydrogen-bond acceptors (Lipinski definition) is 7. The largest absolute Gasteiger partial charge is 0.454 e. The smallest absolute Gasteiger partial charge is 0.269 e. The van der Waals surface area contributed by atoms with E-state index in [1.807, 2.05) is 12.1 Å². The monoisotopic (exact) mass is 346 g/mol. The molecule has 0 aromatic heterocycles. The zero-order chi connectivity index (χ0) is 17.8. The van der Waals surface area contributed by atoms with Crippen LogP contribution in [-0.2, 0) is 6.54 Å². The van der Waals surface area contributed by atoms with Crippen LogP contribution in [0.15, 0.2) is 42.5 Å². The van der Waals surface area contributed by atoms with Crippen molar-refractivity contribution in [2.75, 3.05) is 13.4 Å². The van der Waals surface area contributed by atoms with Gasteiger partial charge in [-0.3, -0.25) is 10.1 Å². The molecule has 0 saturated heterocycles. The highest BCUT2D eigenvalue weighted by molar-refractivity contribution is 5.44. The van der Waals surface area contributed by atoms with Gasteiger partial charge in [-0.1, -0.05) is 6.07 Å². The minimum atomic E-state index is -1.00. The SMILES string of the molecule is O=[N+]([O-])c1ccc(C(O)C(CO)NCc2ccc3c(c2)OCO3)cc1. The third-order valence-corrected chi connectivity index (χ3v) is 4.03. The molecular formula is C17H18N2O6. The van der Waals surface area contributed by atoms with Crippen molar-refractivity contribution in [1.82, 2.24) is 5.32 Å². The van der Waals surface area contributed by atoms with E-state index in [1.54, 1.807) is 6.07 Å². The summed E-state index contributed by atoms with van der Waals surface area (Å²) in [6.07, 6.45) is -1.00. The molecule has 3 rings (SSSR count). The summed E-state index contributed by atoms with van der Waals surface area (Å²) in [5, 5.41) is 33.7. The molecule has 0 fully saturated rings. The van der Waals surface area contributed by atoms with E-state index in [0.29, 0.717) is 23.6 Å². The predicted molar refractivity (Wildman–Crippen MR) is 88.3 cm³/mol. The van der Waals surface area contributed by atoms with Gasteiger partial charge >= 0.3 is 0 Å². The number of fused-ring (bicyclic) bond motifs is 1. The van der Waals surface area contributed by atoms with E-state index in [4.69, 9.17) is 9.47 Å². The molecule has 132 valence electrons. The Morgan fingerprint density at radius 3 is 2.56 bits per heavy atom. The molecule has 0 aliphatic carbocycles. The number of nitrogens with one attached hydrogen (secondary N) is 1. The van der Waals surface area contributed by atoms with Crippen LogP contribution >= 0.6 is 0 Å². The molecule has 1 aliphatic heterocycles. The summed E-state index contributed by atoms with van der Waals surface area (Å²) in [6, 6.07) is 10.5. The number of benzene rings is 2. The number of non-ortho nitro benzene ring substituents is 1. The molecule has 3 N–H and O–H groups in total. The van der Waals surface area contributed by atoms with Crippen LogP contribution in [0.1, 0.15) is 17.2 Å². The lowest BCUT2D eigenvalue weighted by Crippen LogP contribution is -2.37. The van der Waals surface area contributed by atoms with Gasteiger partial charge in [0.1, 0.15) is 0 Å². The first-order chi connectivity index (χ1) is 12.1. The van der Waals surface area contributed by atoms with Crippen LogP contribution in [0.25, 0.3) is 0 Å². The van der Waals surface area contributed by atoms with E-state index < -0.39 is 17.1 Å². The Morgan fingerprint density at radius 2 is 1.88 bits per heavy atom. The maximum atomic E-state index is 10.7. The van der Waals surface area contributed by atoms with Crippen molar-refractivity contribution in [1.29, 1.82) is 0 Å². The van der Waals surface area contributed by atoms with E-state index in [1.165, 1.54) is 24.3 Å². The molecule has 2 unspecified atom stereocenters. The van der Waals surface area contributed by atoms with Crippen molar-refractivity contribution in [3.63, 3.8) is 0 Å². The average molecular weight is 346 g/mol. The Labute approximate surface area is 143 Å². The van der Waals surface area contributed by atoms with Gasteiger partial charge in [0, 0.05) is 18.7 Å². The Bertz CT molecular complexity index is 749. The lowest BCUT2D eigenvalue weighted by atomic mass is 10.0. The minimum absolute atomic E-state index is 0.0511. The van der Waals surface area contributed by atoms with Gasteiger partial charge < -0.3 is 25.0 Å². The summed E-state index contributed by atoms with van der Waals surface area (Å²) < 4.78 is 10.6. The Morgan fingerprint density at radius 1 is 1.16 bits per heavy atom. The summed E-state index contributed by atoms with van der Waals surface area (Å²) in [6.45, 7) is 0.318. The summed E-state index contributed by atoms with van der Waals surface area (Å²) in [4.78, 5) is 10.2. The fraction of sp³-hybridized carbons (Fsp3) is 0.294. The third kappa shape index (κ3) is 3.87. The van der Waals surface area contributed by atoms with E-state index in [0.717, 1.165) is 5.56 Å². The molecule has 0 spiro atoms. The van der Waals surface area contributed by atoms with Crippen molar-refractivity contribution in [2.24, 2.45) is 0 Å². The first kappa shape index (κ1) is 17.2. The second kappa shape index (κ2) is 7.47. The maximum absolute atomic E-state index is 10.7. The van der Waals surface area contributed by atoms with Crippen LogP contribution in [0.4, 0.5) is 5.69 Å². The molecular weight excluding hydrogens is 328 g/mol. The van der Waals surface area contributed by atoms with E-state index in [2.05, 4.69) is 5.32 Å². The standard InChI is InChI=1S/C17H18N2O6/c20-9-14(17(21)12-2-4-13(5-3-12)19(22)23)18-8-11-1-6-15-16(7-11)25-10-24-15/h1-7,14,17-18,20-21H,8-10H2. The van der Waals surface area contributed by atoms with Gasteiger partial charge in [0.2, 0.25) is 6.79 Å². The average Bonchev–Trinajstić information content (AvgIpc) is 3.10. The second-order valence-corrected chi connectivity index (χ2v) is 5.65.